The van der Waals surface area contributed by atoms with Crippen molar-refractivity contribution in [3.8, 4) is 0 Å². The van der Waals surface area contributed by atoms with Crippen molar-refractivity contribution < 1.29 is 0 Å². The van der Waals surface area contributed by atoms with Gasteiger partial charge in [-0.05, 0) is 43.7 Å². The van der Waals surface area contributed by atoms with Gasteiger partial charge in [-0.25, -0.2) is 0 Å². The summed E-state index contributed by atoms with van der Waals surface area (Å²) in [6, 6.07) is 4.60. The third-order valence-electron chi connectivity index (χ3n) is 2.50. The topological polar surface area (TPSA) is 0 Å². The molecule has 0 bridgehead atoms. The Kier molecular flexibility index (Phi) is 5.10. The molecule has 0 aliphatic carbocycles. The van der Waals surface area contributed by atoms with E-state index in [1.807, 2.05) is 11.3 Å². The molecule has 1 heteroatoms. The summed E-state index contributed by atoms with van der Waals surface area (Å²) in [5.41, 5.74) is 0. The van der Waals surface area contributed by atoms with Crippen LogP contribution >= 0.6 is 11.3 Å². The first-order chi connectivity index (χ1) is 7.13. The van der Waals surface area contributed by atoms with Crippen molar-refractivity contribution in [1.29, 1.82) is 0 Å². The number of thiophene rings is 1. The third-order valence-corrected chi connectivity index (χ3v) is 3.84. The molecule has 0 aliphatic heterocycles. The van der Waals surface area contributed by atoms with Gasteiger partial charge in [-0.2, -0.15) is 0 Å². The molecule has 0 aliphatic rings. The van der Waals surface area contributed by atoms with Crippen LogP contribution in [0.4, 0.5) is 0 Å². The molecule has 84 valence electrons. The van der Waals surface area contributed by atoms with Crippen molar-refractivity contribution in [3.63, 3.8) is 0 Å². The fraction of sp³-hybridized carbons (Fsp3) is 0.571. The fourth-order valence-corrected chi connectivity index (χ4v) is 2.92. The molecule has 1 aromatic heterocycles. The van der Waals surface area contributed by atoms with Gasteiger partial charge in [-0.3, -0.25) is 0 Å². The van der Waals surface area contributed by atoms with Crippen molar-refractivity contribution in [3.05, 3.63) is 34.0 Å². The van der Waals surface area contributed by atoms with E-state index in [1.54, 1.807) is 0 Å². The second-order valence-corrected chi connectivity index (χ2v) is 5.81. The first-order valence-electron chi connectivity index (χ1n) is 5.83. The predicted molar refractivity (Wildman–Crippen MR) is 70.7 cm³/mol. The lowest BCUT2D eigenvalue weighted by Gasteiger charge is -2.05. The van der Waals surface area contributed by atoms with Crippen LogP contribution in [0.5, 0.6) is 0 Å². The Hall–Kier alpha value is -0.560. The summed E-state index contributed by atoms with van der Waals surface area (Å²) in [6.45, 7) is 8.96. The van der Waals surface area contributed by atoms with Crippen LogP contribution in [0, 0.1) is 5.92 Å². The normalized spacial score (nSPS) is 13.9. The first kappa shape index (κ1) is 12.5. The van der Waals surface area contributed by atoms with E-state index in [2.05, 4.69) is 52.0 Å². The zero-order valence-electron chi connectivity index (χ0n) is 10.3. The smallest absolute Gasteiger partial charge is 0.00794 e. The fourth-order valence-electron chi connectivity index (χ4n) is 1.63. The average Bonchev–Trinajstić information content (AvgIpc) is 2.61. The molecule has 0 amide bonds. The van der Waals surface area contributed by atoms with Crippen LogP contribution in [-0.4, -0.2) is 0 Å². The summed E-state index contributed by atoms with van der Waals surface area (Å²) < 4.78 is 0. The summed E-state index contributed by atoms with van der Waals surface area (Å²) in [6.07, 6.45) is 6.78. The molecular weight excluding hydrogens is 200 g/mol. The van der Waals surface area contributed by atoms with E-state index in [0.717, 1.165) is 12.3 Å². The summed E-state index contributed by atoms with van der Waals surface area (Å²) in [7, 11) is 0. The molecule has 1 rings (SSSR count). The Morgan fingerprint density at radius 3 is 2.60 bits per heavy atom. The van der Waals surface area contributed by atoms with Crippen molar-refractivity contribution in [2.75, 3.05) is 0 Å². The quantitative estimate of drug-likeness (QED) is 0.614. The highest BCUT2D eigenvalue weighted by Crippen LogP contribution is 2.28. The highest BCUT2D eigenvalue weighted by molar-refractivity contribution is 7.12. The molecule has 0 saturated heterocycles. The molecule has 1 aromatic rings. The zero-order valence-corrected chi connectivity index (χ0v) is 11.1. The molecule has 0 radical (unpaired) electrons. The van der Waals surface area contributed by atoms with Gasteiger partial charge in [-0.1, -0.05) is 32.9 Å². The summed E-state index contributed by atoms with van der Waals surface area (Å²) in [5, 5.41) is 0. The molecule has 0 aromatic carbocycles. The van der Waals surface area contributed by atoms with Crippen LogP contribution < -0.4 is 0 Å². The highest BCUT2D eigenvalue weighted by atomic mass is 32.1. The summed E-state index contributed by atoms with van der Waals surface area (Å²) in [4.78, 5) is 3.07. The van der Waals surface area contributed by atoms with Gasteiger partial charge in [0.15, 0.2) is 0 Å². The molecule has 0 fully saturated rings. The van der Waals surface area contributed by atoms with E-state index in [1.165, 1.54) is 16.2 Å². The van der Waals surface area contributed by atoms with E-state index >= 15 is 0 Å². The lowest BCUT2D eigenvalue weighted by atomic mass is 10.1. The van der Waals surface area contributed by atoms with Crippen molar-refractivity contribution in [2.45, 2.75) is 46.5 Å². The minimum atomic E-state index is 0.673. The Balaban J connectivity index is 2.58. The minimum Gasteiger partial charge on any atom is -0.145 e. The molecule has 1 unspecified atom stereocenters. The Bertz CT molecular complexity index is 307. The highest BCUT2D eigenvalue weighted by Gasteiger charge is 2.08. The number of allylic oxidation sites excluding steroid dienone is 2. The van der Waals surface area contributed by atoms with Gasteiger partial charge in [0, 0.05) is 9.75 Å². The second-order valence-electron chi connectivity index (χ2n) is 4.61. The summed E-state index contributed by atoms with van der Waals surface area (Å²) in [5.74, 6) is 1.44. The molecule has 0 saturated carbocycles. The zero-order chi connectivity index (χ0) is 11.3. The standard InChI is InChI=1S/C14H22S/c1-5-6-7-12(4)14-9-8-13(15-14)10-11(2)3/h5-6,8-9,11-12H,7,10H2,1-4H3/b6-5-. The lowest BCUT2D eigenvalue weighted by molar-refractivity contribution is 0.654. The Labute approximate surface area is 98.0 Å². The largest absolute Gasteiger partial charge is 0.145 e. The van der Waals surface area contributed by atoms with Crippen molar-refractivity contribution >= 4 is 11.3 Å². The van der Waals surface area contributed by atoms with Gasteiger partial charge < -0.3 is 0 Å². The van der Waals surface area contributed by atoms with E-state index in [-0.39, 0.29) is 0 Å². The van der Waals surface area contributed by atoms with E-state index in [9.17, 15) is 0 Å². The molecule has 0 nitrogen and oxygen atoms in total. The molecule has 1 atom stereocenters. The lowest BCUT2D eigenvalue weighted by Crippen LogP contribution is -1.90. The van der Waals surface area contributed by atoms with E-state index in [0.29, 0.717) is 5.92 Å². The van der Waals surface area contributed by atoms with E-state index < -0.39 is 0 Å². The monoisotopic (exact) mass is 222 g/mol. The van der Waals surface area contributed by atoms with Crippen LogP contribution in [0.25, 0.3) is 0 Å². The van der Waals surface area contributed by atoms with Gasteiger partial charge in [0.05, 0.1) is 0 Å². The summed E-state index contributed by atoms with van der Waals surface area (Å²) >= 11 is 1.99. The number of rotatable bonds is 5. The van der Waals surface area contributed by atoms with Crippen molar-refractivity contribution in [1.82, 2.24) is 0 Å². The number of hydrogen-bond donors (Lipinski definition) is 0. The van der Waals surface area contributed by atoms with Crippen LogP contribution in [-0.2, 0) is 6.42 Å². The van der Waals surface area contributed by atoms with Gasteiger partial charge in [0.2, 0.25) is 0 Å². The van der Waals surface area contributed by atoms with Crippen LogP contribution in [0.2, 0.25) is 0 Å². The molecule has 15 heavy (non-hydrogen) atoms. The van der Waals surface area contributed by atoms with Crippen LogP contribution in [0.1, 0.15) is 49.8 Å². The third kappa shape index (κ3) is 4.21. The van der Waals surface area contributed by atoms with Gasteiger partial charge in [-0.15, -0.1) is 11.3 Å². The van der Waals surface area contributed by atoms with Crippen LogP contribution in [0.3, 0.4) is 0 Å². The molecular formula is C14H22S. The second kappa shape index (κ2) is 6.12. The maximum absolute atomic E-state index is 2.31. The molecule has 0 N–H and O–H groups in total. The molecule has 1 heterocycles. The SMILES string of the molecule is C/C=C\CC(C)c1ccc(CC(C)C)s1. The first-order valence-corrected chi connectivity index (χ1v) is 6.65. The molecule has 0 spiro atoms. The predicted octanol–water partition coefficient (Wildman–Crippen LogP) is 5.02. The van der Waals surface area contributed by atoms with Gasteiger partial charge in [0.25, 0.3) is 0 Å². The van der Waals surface area contributed by atoms with Crippen molar-refractivity contribution in [2.24, 2.45) is 5.92 Å². The van der Waals surface area contributed by atoms with Gasteiger partial charge >= 0.3 is 0 Å². The van der Waals surface area contributed by atoms with E-state index in [4.69, 9.17) is 0 Å². The minimum absolute atomic E-state index is 0.673. The maximum Gasteiger partial charge on any atom is 0.00794 e. The van der Waals surface area contributed by atoms with Gasteiger partial charge in [0.1, 0.15) is 0 Å². The Morgan fingerprint density at radius 2 is 2.00 bits per heavy atom. The number of hydrogen-bond acceptors (Lipinski definition) is 1. The Morgan fingerprint density at radius 1 is 1.27 bits per heavy atom. The van der Waals surface area contributed by atoms with Crippen LogP contribution in [0.15, 0.2) is 24.3 Å². The average molecular weight is 222 g/mol. The maximum atomic E-state index is 2.31.